The molecule has 17 heavy (non-hydrogen) atoms. The molecule has 2 heterocycles. The molecule has 0 radical (unpaired) electrons. The smallest absolute Gasteiger partial charge is 0.00781 e. The molecule has 1 N–H and O–H groups in total. The summed E-state index contributed by atoms with van der Waals surface area (Å²) in [7, 11) is 0. The Bertz CT molecular complexity index is 206. The van der Waals surface area contributed by atoms with Crippen molar-refractivity contribution >= 4 is 11.8 Å². The summed E-state index contributed by atoms with van der Waals surface area (Å²) in [5.74, 6) is 1.33. The molecular formula is C14H28N2S. The highest BCUT2D eigenvalue weighted by Gasteiger charge is 2.24. The molecule has 3 heteroatoms. The monoisotopic (exact) mass is 256 g/mol. The van der Waals surface area contributed by atoms with Gasteiger partial charge in [0.15, 0.2) is 0 Å². The molecule has 0 amide bonds. The Morgan fingerprint density at radius 2 is 1.71 bits per heavy atom. The molecule has 2 unspecified atom stereocenters. The average Bonchev–Trinajstić information content (AvgIpc) is 2.34. The standard InChI is InChI=1S/C14H28N2S/c1-12-4-3-5-13(2)16(12)10-11-17-14-6-8-15-9-7-14/h12-15H,3-11H2,1-2H3. The van der Waals surface area contributed by atoms with Gasteiger partial charge in [0.2, 0.25) is 0 Å². The SMILES string of the molecule is CC1CCCC(C)N1CCSC1CCNCC1. The Labute approximate surface area is 111 Å². The Hall–Kier alpha value is 0.270. The molecule has 0 aliphatic carbocycles. The molecule has 2 saturated heterocycles. The predicted octanol–water partition coefficient (Wildman–Crippen LogP) is 2.73. The van der Waals surface area contributed by atoms with Crippen molar-refractivity contribution in [1.29, 1.82) is 0 Å². The van der Waals surface area contributed by atoms with E-state index in [0.29, 0.717) is 0 Å². The zero-order valence-electron chi connectivity index (χ0n) is 11.5. The lowest BCUT2D eigenvalue weighted by Gasteiger charge is -2.39. The van der Waals surface area contributed by atoms with Crippen LogP contribution >= 0.6 is 11.8 Å². The molecule has 2 fully saturated rings. The number of hydrogen-bond acceptors (Lipinski definition) is 3. The zero-order chi connectivity index (χ0) is 12.1. The van der Waals surface area contributed by atoms with Crippen molar-refractivity contribution in [2.24, 2.45) is 0 Å². The normalized spacial score (nSPS) is 32.8. The van der Waals surface area contributed by atoms with E-state index in [4.69, 9.17) is 0 Å². The fourth-order valence-corrected chi connectivity index (χ4v) is 4.42. The maximum absolute atomic E-state index is 3.44. The van der Waals surface area contributed by atoms with Gasteiger partial charge < -0.3 is 5.32 Å². The molecule has 0 aromatic carbocycles. The average molecular weight is 256 g/mol. The van der Waals surface area contributed by atoms with Gasteiger partial charge in [-0.05, 0) is 52.6 Å². The third-order valence-corrected chi connectivity index (χ3v) is 5.73. The molecule has 2 nitrogen and oxygen atoms in total. The summed E-state index contributed by atoms with van der Waals surface area (Å²) in [5.41, 5.74) is 0. The van der Waals surface area contributed by atoms with E-state index < -0.39 is 0 Å². The van der Waals surface area contributed by atoms with Gasteiger partial charge in [-0.2, -0.15) is 11.8 Å². The maximum Gasteiger partial charge on any atom is 0.00781 e. The largest absolute Gasteiger partial charge is 0.317 e. The van der Waals surface area contributed by atoms with Crippen LogP contribution in [0.1, 0.15) is 46.0 Å². The Morgan fingerprint density at radius 1 is 1.06 bits per heavy atom. The van der Waals surface area contributed by atoms with Crippen LogP contribution in [0.2, 0.25) is 0 Å². The molecule has 2 rings (SSSR count). The van der Waals surface area contributed by atoms with Crippen LogP contribution in [0.25, 0.3) is 0 Å². The molecule has 2 aliphatic heterocycles. The van der Waals surface area contributed by atoms with Crippen LogP contribution < -0.4 is 5.32 Å². The third kappa shape index (κ3) is 4.15. The second kappa shape index (κ2) is 7.01. The summed E-state index contributed by atoms with van der Waals surface area (Å²) < 4.78 is 0. The quantitative estimate of drug-likeness (QED) is 0.832. The molecule has 0 aromatic heterocycles. The second-order valence-corrected chi connectivity index (χ2v) is 7.10. The number of nitrogens with one attached hydrogen (secondary N) is 1. The summed E-state index contributed by atoms with van der Waals surface area (Å²) in [6.07, 6.45) is 6.98. The van der Waals surface area contributed by atoms with Crippen molar-refractivity contribution in [3.63, 3.8) is 0 Å². The number of nitrogens with zero attached hydrogens (tertiary/aromatic N) is 1. The molecular weight excluding hydrogens is 228 g/mol. The van der Waals surface area contributed by atoms with Gasteiger partial charge in [-0.25, -0.2) is 0 Å². The van der Waals surface area contributed by atoms with Crippen molar-refractivity contribution < 1.29 is 0 Å². The van der Waals surface area contributed by atoms with Crippen LogP contribution in [0.15, 0.2) is 0 Å². The van der Waals surface area contributed by atoms with E-state index in [1.54, 1.807) is 0 Å². The van der Waals surface area contributed by atoms with Gasteiger partial charge in [0, 0.05) is 29.6 Å². The summed E-state index contributed by atoms with van der Waals surface area (Å²) in [6.45, 7) is 8.58. The van der Waals surface area contributed by atoms with Gasteiger partial charge in [-0.1, -0.05) is 6.42 Å². The summed E-state index contributed by atoms with van der Waals surface area (Å²) in [4.78, 5) is 2.73. The molecule has 2 aliphatic rings. The minimum atomic E-state index is 0.812. The van der Waals surface area contributed by atoms with Crippen LogP contribution in [0.5, 0.6) is 0 Å². The van der Waals surface area contributed by atoms with Crippen LogP contribution in [0.3, 0.4) is 0 Å². The minimum absolute atomic E-state index is 0.812. The number of likely N-dealkylation sites (tertiary alicyclic amines) is 1. The molecule has 0 aromatic rings. The Balaban J connectivity index is 1.66. The Morgan fingerprint density at radius 3 is 2.35 bits per heavy atom. The first-order valence-corrected chi connectivity index (χ1v) is 8.40. The minimum Gasteiger partial charge on any atom is -0.317 e. The predicted molar refractivity (Wildman–Crippen MR) is 77.8 cm³/mol. The lowest BCUT2D eigenvalue weighted by molar-refractivity contribution is 0.112. The second-order valence-electron chi connectivity index (χ2n) is 5.69. The van der Waals surface area contributed by atoms with E-state index in [0.717, 1.165) is 17.3 Å². The summed E-state index contributed by atoms with van der Waals surface area (Å²) in [6, 6.07) is 1.62. The maximum atomic E-state index is 3.44. The van der Waals surface area contributed by atoms with Crippen molar-refractivity contribution in [3.05, 3.63) is 0 Å². The topological polar surface area (TPSA) is 15.3 Å². The number of piperidine rings is 2. The van der Waals surface area contributed by atoms with Crippen molar-refractivity contribution in [2.75, 3.05) is 25.4 Å². The van der Waals surface area contributed by atoms with Crippen LogP contribution in [0.4, 0.5) is 0 Å². The van der Waals surface area contributed by atoms with Crippen LogP contribution in [0, 0.1) is 0 Å². The zero-order valence-corrected chi connectivity index (χ0v) is 12.3. The first-order valence-electron chi connectivity index (χ1n) is 7.35. The highest BCUT2D eigenvalue weighted by atomic mass is 32.2. The Kier molecular flexibility index (Phi) is 5.64. The van der Waals surface area contributed by atoms with Crippen molar-refractivity contribution in [1.82, 2.24) is 10.2 Å². The van der Waals surface area contributed by atoms with E-state index in [2.05, 4.69) is 35.8 Å². The lowest BCUT2D eigenvalue weighted by Crippen LogP contribution is -2.45. The van der Waals surface area contributed by atoms with E-state index in [1.165, 1.54) is 57.5 Å². The fourth-order valence-electron chi connectivity index (χ4n) is 3.20. The van der Waals surface area contributed by atoms with Gasteiger partial charge in [-0.15, -0.1) is 0 Å². The third-order valence-electron chi connectivity index (χ3n) is 4.37. The number of hydrogen-bond donors (Lipinski definition) is 1. The fraction of sp³-hybridized carbons (Fsp3) is 1.00. The van der Waals surface area contributed by atoms with Crippen molar-refractivity contribution in [2.45, 2.75) is 63.3 Å². The van der Waals surface area contributed by atoms with Crippen LogP contribution in [-0.4, -0.2) is 47.6 Å². The highest BCUT2D eigenvalue weighted by Crippen LogP contribution is 2.25. The molecule has 2 atom stereocenters. The number of thioether (sulfide) groups is 1. The van der Waals surface area contributed by atoms with Gasteiger partial charge >= 0.3 is 0 Å². The van der Waals surface area contributed by atoms with Gasteiger partial charge in [-0.3, -0.25) is 4.90 Å². The summed E-state index contributed by atoms with van der Waals surface area (Å²) >= 11 is 2.21. The molecule has 0 bridgehead atoms. The molecule has 0 saturated carbocycles. The van der Waals surface area contributed by atoms with E-state index in [9.17, 15) is 0 Å². The van der Waals surface area contributed by atoms with E-state index >= 15 is 0 Å². The summed E-state index contributed by atoms with van der Waals surface area (Å²) in [5, 5.41) is 4.37. The molecule has 0 spiro atoms. The lowest BCUT2D eigenvalue weighted by atomic mass is 9.98. The number of rotatable bonds is 4. The van der Waals surface area contributed by atoms with Gasteiger partial charge in [0.1, 0.15) is 0 Å². The first kappa shape index (κ1) is 13.7. The van der Waals surface area contributed by atoms with E-state index in [1.807, 2.05) is 0 Å². The van der Waals surface area contributed by atoms with E-state index in [-0.39, 0.29) is 0 Å². The van der Waals surface area contributed by atoms with Crippen LogP contribution in [-0.2, 0) is 0 Å². The van der Waals surface area contributed by atoms with Gasteiger partial charge in [0.25, 0.3) is 0 Å². The highest BCUT2D eigenvalue weighted by molar-refractivity contribution is 7.99. The first-order chi connectivity index (χ1) is 8.27. The van der Waals surface area contributed by atoms with Gasteiger partial charge in [0.05, 0.1) is 0 Å². The molecule has 100 valence electrons. The van der Waals surface area contributed by atoms with Crippen molar-refractivity contribution in [3.8, 4) is 0 Å².